The van der Waals surface area contributed by atoms with E-state index in [0.717, 1.165) is 16.3 Å². The van der Waals surface area contributed by atoms with E-state index in [1.165, 1.54) is 12.1 Å². The van der Waals surface area contributed by atoms with E-state index in [0.29, 0.717) is 0 Å². The van der Waals surface area contributed by atoms with Gasteiger partial charge < -0.3 is 0 Å². The average molecular weight is 235 g/mol. The number of aromatic nitrogens is 1. The lowest BCUT2D eigenvalue weighted by Gasteiger charge is -2.14. The maximum absolute atomic E-state index is 13.1. The standard InChI is InChI=1S/C13H14FNS/c1-13(2,3)11-8-16-12(15-11)9-5-4-6-10(14)7-9/h4-8H,1-3H3. The van der Waals surface area contributed by atoms with Gasteiger partial charge in [0.25, 0.3) is 0 Å². The Morgan fingerprint density at radius 2 is 2.00 bits per heavy atom. The molecule has 1 heterocycles. The number of nitrogens with zero attached hydrogens (tertiary/aromatic N) is 1. The third kappa shape index (κ3) is 2.30. The fraction of sp³-hybridized carbons (Fsp3) is 0.308. The minimum absolute atomic E-state index is 0.0437. The van der Waals surface area contributed by atoms with Crippen molar-refractivity contribution in [2.24, 2.45) is 0 Å². The fourth-order valence-electron chi connectivity index (χ4n) is 1.37. The molecule has 2 rings (SSSR count). The molecule has 0 unspecified atom stereocenters. The van der Waals surface area contributed by atoms with Crippen molar-refractivity contribution in [2.45, 2.75) is 26.2 Å². The summed E-state index contributed by atoms with van der Waals surface area (Å²) < 4.78 is 13.1. The van der Waals surface area contributed by atoms with Gasteiger partial charge in [-0.15, -0.1) is 11.3 Å². The third-order valence-electron chi connectivity index (χ3n) is 2.34. The largest absolute Gasteiger partial charge is 0.241 e. The van der Waals surface area contributed by atoms with Crippen LogP contribution in [0.4, 0.5) is 4.39 Å². The molecule has 0 spiro atoms. The molecule has 3 heteroatoms. The van der Waals surface area contributed by atoms with Crippen LogP contribution in [0.25, 0.3) is 10.6 Å². The first-order chi connectivity index (χ1) is 7.47. The van der Waals surface area contributed by atoms with Gasteiger partial charge in [0.2, 0.25) is 0 Å². The van der Waals surface area contributed by atoms with Crippen LogP contribution in [-0.2, 0) is 5.41 Å². The van der Waals surface area contributed by atoms with Crippen LogP contribution in [0.2, 0.25) is 0 Å². The average Bonchev–Trinajstić information content (AvgIpc) is 2.65. The van der Waals surface area contributed by atoms with Crippen molar-refractivity contribution in [2.75, 3.05) is 0 Å². The van der Waals surface area contributed by atoms with Gasteiger partial charge in [-0.25, -0.2) is 9.37 Å². The quantitative estimate of drug-likeness (QED) is 0.720. The topological polar surface area (TPSA) is 12.9 Å². The lowest BCUT2D eigenvalue weighted by atomic mass is 9.93. The van der Waals surface area contributed by atoms with Crippen LogP contribution in [-0.4, -0.2) is 4.98 Å². The number of hydrogen-bond acceptors (Lipinski definition) is 2. The minimum atomic E-state index is -0.218. The van der Waals surface area contributed by atoms with Crippen molar-refractivity contribution >= 4 is 11.3 Å². The number of hydrogen-bond donors (Lipinski definition) is 0. The van der Waals surface area contributed by atoms with Crippen molar-refractivity contribution in [3.63, 3.8) is 0 Å². The SMILES string of the molecule is CC(C)(C)c1csc(-c2cccc(F)c2)n1. The molecule has 0 atom stereocenters. The summed E-state index contributed by atoms with van der Waals surface area (Å²) >= 11 is 1.56. The van der Waals surface area contributed by atoms with Crippen LogP contribution in [0, 0.1) is 5.82 Å². The normalized spacial score (nSPS) is 11.8. The molecule has 1 aromatic carbocycles. The zero-order valence-corrected chi connectivity index (χ0v) is 10.4. The highest BCUT2D eigenvalue weighted by atomic mass is 32.1. The Bertz CT molecular complexity index is 497. The maximum atomic E-state index is 13.1. The summed E-state index contributed by atoms with van der Waals surface area (Å²) in [5.74, 6) is -0.218. The second-order valence-electron chi connectivity index (χ2n) is 4.80. The predicted octanol–water partition coefficient (Wildman–Crippen LogP) is 4.25. The van der Waals surface area contributed by atoms with Crippen LogP contribution < -0.4 is 0 Å². The Kier molecular flexibility index (Phi) is 2.80. The molecule has 0 fully saturated rings. The molecule has 0 saturated carbocycles. The van der Waals surface area contributed by atoms with Crippen LogP contribution in [0.5, 0.6) is 0 Å². The zero-order chi connectivity index (χ0) is 11.8. The van der Waals surface area contributed by atoms with E-state index < -0.39 is 0 Å². The molecule has 1 nitrogen and oxygen atoms in total. The molecule has 0 aliphatic carbocycles. The molecule has 0 radical (unpaired) electrons. The monoisotopic (exact) mass is 235 g/mol. The zero-order valence-electron chi connectivity index (χ0n) is 9.62. The number of benzene rings is 1. The van der Waals surface area contributed by atoms with Crippen LogP contribution in [0.1, 0.15) is 26.5 Å². The van der Waals surface area contributed by atoms with Gasteiger partial charge in [-0.1, -0.05) is 32.9 Å². The Hall–Kier alpha value is -1.22. The molecule has 0 aliphatic heterocycles. The minimum Gasteiger partial charge on any atom is -0.241 e. The lowest BCUT2D eigenvalue weighted by Crippen LogP contribution is -2.11. The molecular weight excluding hydrogens is 221 g/mol. The highest BCUT2D eigenvalue weighted by molar-refractivity contribution is 7.13. The van der Waals surface area contributed by atoms with Gasteiger partial charge in [0.05, 0.1) is 5.69 Å². The molecule has 1 aromatic heterocycles. The fourth-order valence-corrected chi connectivity index (χ4v) is 2.42. The number of halogens is 1. The van der Waals surface area contributed by atoms with Crippen molar-refractivity contribution in [1.82, 2.24) is 4.98 Å². The molecule has 0 N–H and O–H groups in total. The van der Waals surface area contributed by atoms with Gasteiger partial charge >= 0.3 is 0 Å². The first-order valence-electron chi connectivity index (χ1n) is 5.19. The van der Waals surface area contributed by atoms with Crippen molar-refractivity contribution in [3.05, 3.63) is 41.2 Å². The molecule has 0 bridgehead atoms. The van der Waals surface area contributed by atoms with Gasteiger partial charge in [-0.05, 0) is 12.1 Å². The van der Waals surface area contributed by atoms with E-state index in [4.69, 9.17) is 0 Å². The summed E-state index contributed by atoms with van der Waals surface area (Å²) in [6, 6.07) is 6.56. The lowest BCUT2D eigenvalue weighted by molar-refractivity contribution is 0.573. The van der Waals surface area contributed by atoms with Gasteiger partial charge in [-0.2, -0.15) is 0 Å². The molecule has 16 heavy (non-hydrogen) atoms. The Morgan fingerprint density at radius 1 is 1.25 bits per heavy atom. The Morgan fingerprint density at radius 3 is 2.56 bits per heavy atom. The van der Waals surface area contributed by atoms with E-state index in [2.05, 4.69) is 25.8 Å². The van der Waals surface area contributed by atoms with Crippen LogP contribution >= 0.6 is 11.3 Å². The molecule has 0 aliphatic rings. The van der Waals surface area contributed by atoms with Gasteiger partial charge in [0, 0.05) is 16.4 Å². The second kappa shape index (κ2) is 3.98. The Labute approximate surface area is 99.0 Å². The van der Waals surface area contributed by atoms with Crippen molar-refractivity contribution in [1.29, 1.82) is 0 Å². The first kappa shape index (κ1) is 11.3. The van der Waals surface area contributed by atoms with E-state index in [-0.39, 0.29) is 11.2 Å². The van der Waals surface area contributed by atoms with E-state index in [1.807, 2.05) is 11.4 Å². The summed E-state index contributed by atoms with van der Waals surface area (Å²) in [7, 11) is 0. The summed E-state index contributed by atoms with van der Waals surface area (Å²) in [4.78, 5) is 4.54. The smallest absolute Gasteiger partial charge is 0.123 e. The van der Waals surface area contributed by atoms with Crippen molar-refractivity contribution in [3.8, 4) is 10.6 Å². The third-order valence-corrected chi connectivity index (χ3v) is 3.24. The molecular formula is C13H14FNS. The summed E-state index contributed by atoms with van der Waals surface area (Å²) in [6.45, 7) is 6.37. The summed E-state index contributed by atoms with van der Waals surface area (Å²) in [5, 5.41) is 2.92. The van der Waals surface area contributed by atoms with E-state index in [1.54, 1.807) is 17.4 Å². The predicted molar refractivity (Wildman–Crippen MR) is 66.2 cm³/mol. The first-order valence-corrected chi connectivity index (χ1v) is 6.07. The van der Waals surface area contributed by atoms with E-state index in [9.17, 15) is 4.39 Å². The molecule has 84 valence electrons. The van der Waals surface area contributed by atoms with Gasteiger partial charge in [0.1, 0.15) is 10.8 Å². The molecule has 2 aromatic rings. The van der Waals surface area contributed by atoms with Crippen LogP contribution in [0.15, 0.2) is 29.6 Å². The van der Waals surface area contributed by atoms with Crippen LogP contribution in [0.3, 0.4) is 0 Å². The highest BCUT2D eigenvalue weighted by Gasteiger charge is 2.17. The molecule has 0 amide bonds. The van der Waals surface area contributed by atoms with Crippen molar-refractivity contribution < 1.29 is 4.39 Å². The highest BCUT2D eigenvalue weighted by Crippen LogP contribution is 2.29. The maximum Gasteiger partial charge on any atom is 0.123 e. The molecule has 0 saturated heterocycles. The Balaban J connectivity index is 2.39. The summed E-state index contributed by atoms with van der Waals surface area (Å²) in [6.07, 6.45) is 0. The number of thiazole rings is 1. The van der Waals surface area contributed by atoms with Gasteiger partial charge in [-0.3, -0.25) is 0 Å². The summed E-state index contributed by atoms with van der Waals surface area (Å²) in [5.41, 5.74) is 1.94. The number of rotatable bonds is 1. The second-order valence-corrected chi connectivity index (χ2v) is 5.66. The van der Waals surface area contributed by atoms with E-state index >= 15 is 0 Å². The van der Waals surface area contributed by atoms with Gasteiger partial charge in [0.15, 0.2) is 0 Å².